The average Bonchev–Trinajstić information content (AvgIpc) is 3.09. The lowest BCUT2D eigenvalue weighted by atomic mass is 10.1. The van der Waals surface area contributed by atoms with Gasteiger partial charge in [0.15, 0.2) is 0 Å². The van der Waals surface area contributed by atoms with E-state index in [0.717, 1.165) is 31.8 Å². The fourth-order valence-electron chi connectivity index (χ4n) is 1.88. The van der Waals surface area contributed by atoms with Crippen LogP contribution in [0.4, 0.5) is 0 Å². The Balaban J connectivity index is 2.08. The van der Waals surface area contributed by atoms with Crippen molar-refractivity contribution in [3.05, 3.63) is 0 Å². The number of unbranched alkanes of at least 4 members (excludes halogenated alkanes) is 1. The normalized spacial score (nSPS) is 18.2. The standard InChI is InChI=1S/C12H26N2O2S/c1-3-13-8-4-5-9-17(15,16)14-10-11(2)12-6-7-12/h11-14H,3-10H2,1-2H3. The largest absolute Gasteiger partial charge is 0.317 e. The van der Waals surface area contributed by atoms with Crippen LogP contribution in [0, 0.1) is 11.8 Å². The zero-order valence-electron chi connectivity index (χ0n) is 11.0. The SMILES string of the molecule is CCNCCCCS(=O)(=O)NCC(C)C1CC1. The smallest absolute Gasteiger partial charge is 0.211 e. The first kappa shape index (κ1) is 14.9. The average molecular weight is 262 g/mol. The molecule has 0 bridgehead atoms. The molecule has 2 N–H and O–H groups in total. The summed E-state index contributed by atoms with van der Waals surface area (Å²) in [7, 11) is -3.05. The Morgan fingerprint density at radius 2 is 2.00 bits per heavy atom. The minimum atomic E-state index is -3.05. The molecule has 0 spiro atoms. The van der Waals surface area contributed by atoms with Crippen LogP contribution in [0.1, 0.15) is 39.5 Å². The number of hydrogen-bond donors (Lipinski definition) is 2. The van der Waals surface area contributed by atoms with Gasteiger partial charge in [-0.05, 0) is 50.6 Å². The van der Waals surface area contributed by atoms with E-state index in [1.807, 2.05) is 0 Å². The first-order valence-corrected chi connectivity index (χ1v) is 8.38. The van der Waals surface area contributed by atoms with Gasteiger partial charge in [-0.15, -0.1) is 0 Å². The molecule has 0 aromatic rings. The molecule has 1 aliphatic carbocycles. The van der Waals surface area contributed by atoms with Gasteiger partial charge in [-0.25, -0.2) is 13.1 Å². The minimum absolute atomic E-state index is 0.260. The van der Waals surface area contributed by atoms with Gasteiger partial charge in [-0.3, -0.25) is 0 Å². The Bertz CT molecular complexity index is 300. The van der Waals surface area contributed by atoms with Gasteiger partial charge in [0.25, 0.3) is 0 Å². The van der Waals surface area contributed by atoms with Crippen molar-refractivity contribution in [1.29, 1.82) is 0 Å². The van der Waals surface area contributed by atoms with Crippen LogP contribution >= 0.6 is 0 Å². The van der Waals surface area contributed by atoms with Gasteiger partial charge in [0.05, 0.1) is 5.75 Å². The lowest BCUT2D eigenvalue weighted by Crippen LogP contribution is -2.31. The van der Waals surface area contributed by atoms with E-state index < -0.39 is 10.0 Å². The van der Waals surface area contributed by atoms with Crippen molar-refractivity contribution in [2.24, 2.45) is 11.8 Å². The van der Waals surface area contributed by atoms with E-state index >= 15 is 0 Å². The van der Waals surface area contributed by atoms with Crippen molar-refractivity contribution in [2.75, 3.05) is 25.4 Å². The van der Waals surface area contributed by atoms with Crippen LogP contribution < -0.4 is 10.0 Å². The Kier molecular flexibility index (Phi) is 6.44. The van der Waals surface area contributed by atoms with Gasteiger partial charge in [0.2, 0.25) is 10.0 Å². The van der Waals surface area contributed by atoms with Gasteiger partial charge in [0, 0.05) is 6.54 Å². The number of sulfonamides is 1. The first-order chi connectivity index (χ1) is 8.05. The monoisotopic (exact) mass is 262 g/mol. The van der Waals surface area contributed by atoms with Crippen LogP contribution in [0.3, 0.4) is 0 Å². The molecule has 1 fully saturated rings. The fourth-order valence-corrected chi connectivity index (χ4v) is 3.13. The number of hydrogen-bond acceptors (Lipinski definition) is 3. The van der Waals surface area contributed by atoms with Gasteiger partial charge in [-0.1, -0.05) is 13.8 Å². The molecule has 4 nitrogen and oxygen atoms in total. The summed E-state index contributed by atoms with van der Waals surface area (Å²) in [6, 6.07) is 0. The molecule has 1 unspecified atom stereocenters. The number of nitrogens with one attached hydrogen (secondary N) is 2. The Labute approximate surface area is 106 Å². The highest BCUT2D eigenvalue weighted by Crippen LogP contribution is 2.36. The van der Waals surface area contributed by atoms with Gasteiger partial charge in [0.1, 0.15) is 0 Å². The molecule has 0 saturated heterocycles. The maximum Gasteiger partial charge on any atom is 0.211 e. The van der Waals surface area contributed by atoms with Crippen molar-refractivity contribution in [3.63, 3.8) is 0 Å². The molecule has 1 atom stereocenters. The maximum atomic E-state index is 11.7. The third-order valence-corrected chi connectivity index (χ3v) is 4.75. The van der Waals surface area contributed by atoms with Crippen LogP contribution in [-0.4, -0.2) is 33.8 Å². The molecule has 0 aromatic carbocycles. The highest BCUT2D eigenvalue weighted by Gasteiger charge is 2.28. The molecule has 1 rings (SSSR count). The predicted molar refractivity (Wildman–Crippen MR) is 71.5 cm³/mol. The third-order valence-electron chi connectivity index (χ3n) is 3.32. The second-order valence-corrected chi connectivity index (χ2v) is 6.97. The van der Waals surface area contributed by atoms with E-state index in [4.69, 9.17) is 0 Å². The van der Waals surface area contributed by atoms with Crippen LogP contribution in [0.5, 0.6) is 0 Å². The molecule has 0 heterocycles. The van der Waals surface area contributed by atoms with Crippen molar-refractivity contribution in [2.45, 2.75) is 39.5 Å². The highest BCUT2D eigenvalue weighted by atomic mass is 32.2. The zero-order valence-corrected chi connectivity index (χ0v) is 11.9. The molecule has 0 aliphatic heterocycles. The van der Waals surface area contributed by atoms with E-state index in [2.05, 4.69) is 23.9 Å². The Hall–Kier alpha value is -0.130. The Morgan fingerprint density at radius 3 is 2.59 bits per heavy atom. The highest BCUT2D eigenvalue weighted by molar-refractivity contribution is 7.89. The summed E-state index contributed by atoms with van der Waals surface area (Å²) in [4.78, 5) is 0. The fraction of sp³-hybridized carbons (Fsp3) is 1.00. The summed E-state index contributed by atoms with van der Waals surface area (Å²) >= 11 is 0. The molecule has 102 valence electrons. The first-order valence-electron chi connectivity index (χ1n) is 6.73. The summed E-state index contributed by atoms with van der Waals surface area (Å²) in [5.74, 6) is 1.51. The van der Waals surface area contributed by atoms with E-state index in [1.165, 1.54) is 12.8 Å². The van der Waals surface area contributed by atoms with Crippen LogP contribution in [0.25, 0.3) is 0 Å². The summed E-state index contributed by atoms with van der Waals surface area (Å²) in [5.41, 5.74) is 0. The van der Waals surface area contributed by atoms with Crippen LogP contribution in [-0.2, 0) is 10.0 Å². The quantitative estimate of drug-likeness (QED) is 0.584. The molecule has 1 saturated carbocycles. The molecular formula is C12H26N2O2S. The molecule has 17 heavy (non-hydrogen) atoms. The summed E-state index contributed by atoms with van der Waals surface area (Å²) < 4.78 is 26.1. The van der Waals surface area contributed by atoms with Crippen molar-refractivity contribution >= 4 is 10.0 Å². The maximum absolute atomic E-state index is 11.7. The molecule has 0 amide bonds. The summed E-state index contributed by atoms with van der Waals surface area (Å²) in [6.45, 7) is 6.65. The number of rotatable bonds is 10. The third kappa shape index (κ3) is 7.01. The molecule has 1 aliphatic rings. The molecule has 0 radical (unpaired) electrons. The van der Waals surface area contributed by atoms with Crippen molar-refractivity contribution in [1.82, 2.24) is 10.0 Å². The lowest BCUT2D eigenvalue weighted by molar-refractivity contribution is 0.491. The minimum Gasteiger partial charge on any atom is -0.317 e. The second-order valence-electron chi connectivity index (χ2n) is 5.04. The lowest BCUT2D eigenvalue weighted by Gasteiger charge is -2.11. The van der Waals surface area contributed by atoms with E-state index in [1.54, 1.807) is 0 Å². The zero-order chi connectivity index (χ0) is 12.7. The van der Waals surface area contributed by atoms with E-state index in [9.17, 15) is 8.42 Å². The second kappa shape index (κ2) is 7.34. The summed E-state index contributed by atoms with van der Waals surface area (Å²) in [5, 5.41) is 3.19. The molecule has 0 aromatic heterocycles. The Morgan fingerprint density at radius 1 is 1.29 bits per heavy atom. The molecular weight excluding hydrogens is 236 g/mol. The van der Waals surface area contributed by atoms with Crippen LogP contribution in [0.15, 0.2) is 0 Å². The van der Waals surface area contributed by atoms with Crippen molar-refractivity contribution in [3.8, 4) is 0 Å². The van der Waals surface area contributed by atoms with Gasteiger partial charge in [-0.2, -0.15) is 0 Å². The van der Waals surface area contributed by atoms with Crippen molar-refractivity contribution < 1.29 is 8.42 Å². The summed E-state index contributed by atoms with van der Waals surface area (Å²) in [6.07, 6.45) is 4.20. The van der Waals surface area contributed by atoms with Gasteiger partial charge >= 0.3 is 0 Å². The predicted octanol–water partition coefficient (Wildman–Crippen LogP) is 1.34. The van der Waals surface area contributed by atoms with Crippen LogP contribution in [0.2, 0.25) is 0 Å². The topological polar surface area (TPSA) is 58.2 Å². The molecule has 5 heteroatoms. The van der Waals surface area contributed by atoms with Gasteiger partial charge < -0.3 is 5.32 Å². The van der Waals surface area contributed by atoms with E-state index in [-0.39, 0.29) is 5.75 Å². The van der Waals surface area contributed by atoms with E-state index in [0.29, 0.717) is 12.5 Å².